The highest BCUT2D eigenvalue weighted by Gasteiger charge is 2.09. The summed E-state index contributed by atoms with van der Waals surface area (Å²) >= 11 is 0. The van der Waals surface area contributed by atoms with E-state index < -0.39 is 11.2 Å². The van der Waals surface area contributed by atoms with Gasteiger partial charge < -0.3 is 11.1 Å². The van der Waals surface area contributed by atoms with Gasteiger partial charge in [-0.25, -0.2) is 9.18 Å². The fourth-order valence-corrected chi connectivity index (χ4v) is 1.83. The molecule has 106 valence electrons. The molecule has 4 N–H and O–H groups in total. The number of benzene rings is 1. The molecule has 7 heteroatoms. The van der Waals surface area contributed by atoms with Crippen LogP contribution in [0.2, 0.25) is 0 Å². The lowest BCUT2D eigenvalue weighted by molar-refractivity contribution is 0.610. The molecule has 0 radical (unpaired) electrons. The average Bonchev–Trinajstić information content (AvgIpc) is 2.42. The number of anilines is 2. The first-order valence-electron chi connectivity index (χ1n) is 6.06. The van der Waals surface area contributed by atoms with E-state index >= 15 is 0 Å². The Labute approximate surface area is 114 Å². The molecule has 2 rings (SSSR count). The lowest BCUT2D eigenvalue weighted by Crippen LogP contribution is -2.32. The molecule has 1 heterocycles. The topological polar surface area (TPSA) is 92.9 Å². The molecule has 0 atom stereocenters. The van der Waals surface area contributed by atoms with Crippen LogP contribution in [0.3, 0.4) is 0 Å². The van der Waals surface area contributed by atoms with Gasteiger partial charge in [-0.1, -0.05) is 18.2 Å². The Morgan fingerprint density at radius 1 is 1.35 bits per heavy atom. The molecular weight excluding hydrogens is 263 g/mol. The molecule has 1 aromatic carbocycles. The van der Waals surface area contributed by atoms with Crippen LogP contribution in [0.25, 0.3) is 0 Å². The molecule has 0 aliphatic rings. The molecule has 0 fully saturated rings. The summed E-state index contributed by atoms with van der Waals surface area (Å²) in [6, 6.07) is 6.40. The van der Waals surface area contributed by atoms with Crippen LogP contribution in [0.15, 0.2) is 33.9 Å². The number of nitrogens with two attached hydrogens (primary N) is 1. The highest BCUT2D eigenvalue weighted by molar-refractivity contribution is 5.60. The third-order valence-corrected chi connectivity index (χ3v) is 3.02. The number of nitrogen functional groups attached to an aromatic ring is 1. The third kappa shape index (κ3) is 2.71. The van der Waals surface area contributed by atoms with Crippen molar-refractivity contribution in [2.24, 2.45) is 7.05 Å². The Morgan fingerprint density at radius 3 is 2.75 bits per heavy atom. The first-order chi connectivity index (χ1) is 9.50. The summed E-state index contributed by atoms with van der Waals surface area (Å²) in [6.07, 6.45) is 0.397. The van der Waals surface area contributed by atoms with Gasteiger partial charge in [0.2, 0.25) is 0 Å². The predicted octanol–water partition coefficient (Wildman–Crippen LogP) is 0.449. The van der Waals surface area contributed by atoms with Crippen LogP contribution < -0.4 is 22.3 Å². The maximum Gasteiger partial charge on any atom is 0.329 e. The van der Waals surface area contributed by atoms with E-state index in [2.05, 4.69) is 10.3 Å². The molecule has 2 aromatic rings. The van der Waals surface area contributed by atoms with E-state index in [0.717, 1.165) is 4.57 Å². The molecule has 0 saturated heterocycles. The van der Waals surface area contributed by atoms with E-state index in [9.17, 15) is 14.0 Å². The maximum absolute atomic E-state index is 13.4. The van der Waals surface area contributed by atoms with Gasteiger partial charge in [0, 0.05) is 13.6 Å². The van der Waals surface area contributed by atoms with Crippen LogP contribution in [-0.2, 0) is 13.5 Å². The Morgan fingerprint density at radius 2 is 2.05 bits per heavy atom. The number of halogens is 1. The van der Waals surface area contributed by atoms with Crippen molar-refractivity contribution in [3.63, 3.8) is 0 Å². The highest BCUT2D eigenvalue weighted by Crippen LogP contribution is 2.10. The molecule has 0 saturated carbocycles. The molecular formula is C13H15FN4O2. The van der Waals surface area contributed by atoms with Crippen molar-refractivity contribution >= 4 is 11.5 Å². The minimum absolute atomic E-state index is 0.0484. The third-order valence-electron chi connectivity index (χ3n) is 3.02. The maximum atomic E-state index is 13.4. The fraction of sp³-hybridized carbons (Fsp3) is 0.231. The van der Waals surface area contributed by atoms with Crippen LogP contribution in [0.1, 0.15) is 5.56 Å². The Bertz CT molecular complexity index is 736. The van der Waals surface area contributed by atoms with Gasteiger partial charge in [0.15, 0.2) is 0 Å². The molecule has 0 unspecified atom stereocenters. The van der Waals surface area contributed by atoms with Crippen LogP contribution in [-0.4, -0.2) is 16.1 Å². The monoisotopic (exact) mass is 278 g/mol. The fourth-order valence-electron chi connectivity index (χ4n) is 1.83. The molecule has 0 aliphatic heterocycles. The number of aromatic nitrogens is 2. The Kier molecular flexibility index (Phi) is 3.88. The van der Waals surface area contributed by atoms with Crippen LogP contribution in [0.4, 0.5) is 15.9 Å². The Hall–Kier alpha value is -2.57. The van der Waals surface area contributed by atoms with Gasteiger partial charge in [-0.2, -0.15) is 0 Å². The van der Waals surface area contributed by atoms with E-state index in [-0.39, 0.29) is 17.3 Å². The second-order valence-corrected chi connectivity index (χ2v) is 4.35. The number of nitrogens with zero attached hydrogens (tertiary/aromatic N) is 1. The number of hydrogen-bond donors (Lipinski definition) is 3. The predicted molar refractivity (Wildman–Crippen MR) is 75.3 cm³/mol. The van der Waals surface area contributed by atoms with Crippen LogP contribution >= 0.6 is 0 Å². The smallest absolute Gasteiger partial charge is 0.329 e. The number of rotatable bonds is 4. The molecule has 0 spiro atoms. The van der Waals surface area contributed by atoms with E-state index in [4.69, 9.17) is 5.73 Å². The number of hydrogen-bond acceptors (Lipinski definition) is 4. The van der Waals surface area contributed by atoms with Gasteiger partial charge in [-0.15, -0.1) is 0 Å². The lowest BCUT2D eigenvalue weighted by atomic mass is 10.1. The van der Waals surface area contributed by atoms with Crippen molar-refractivity contribution < 1.29 is 4.39 Å². The normalized spacial score (nSPS) is 10.5. The van der Waals surface area contributed by atoms with Gasteiger partial charge in [-0.05, 0) is 18.1 Å². The number of nitrogens with one attached hydrogen (secondary N) is 2. The molecule has 0 bridgehead atoms. The van der Waals surface area contributed by atoms with Gasteiger partial charge in [-0.3, -0.25) is 14.3 Å². The van der Waals surface area contributed by atoms with E-state index in [1.807, 2.05) is 0 Å². The SMILES string of the molecule is Cn1c(N)c(NCCc2ccccc2F)c(=O)[nH]c1=O. The van der Waals surface area contributed by atoms with E-state index in [1.54, 1.807) is 18.2 Å². The largest absolute Gasteiger partial charge is 0.383 e. The highest BCUT2D eigenvalue weighted by atomic mass is 19.1. The second-order valence-electron chi connectivity index (χ2n) is 4.35. The molecule has 0 amide bonds. The summed E-state index contributed by atoms with van der Waals surface area (Å²) in [5.74, 6) is -0.246. The minimum Gasteiger partial charge on any atom is -0.383 e. The summed E-state index contributed by atoms with van der Waals surface area (Å²) in [7, 11) is 1.45. The summed E-state index contributed by atoms with van der Waals surface area (Å²) in [4.78, 5) is 25.1. The zero-order chi connectivity index (χ0) is 14.7. The minimum atomic E-state index is -0.584. The quantitative estimate of drug-likeness (QED) is 0.757. The first kappa shape index (κ1) is 13.9. The van der Waals surface area contributed by atoms with Crippen molar-refractivity contribution in [2.45, 2.75) is 6.42 Å². The standard InChI is InChI=1S/C13H15FN4O2/c1-18-11(15)10(12(19)17-13(18)20)16-7-6-8-4-2-3-5-9(8)14/h2-5,16H,6-7,15H2,1H3,(H,17,19,20). The van der Waals surface area contributed by atoms with Crippen molar-refractivity contribution in [1.29, 1.82) is 0 Å². The van der Waals surface area contributed by atoms with Crippen molar-refractivity contribution in [3.05, 3.63) is 56.5 Å². The number of H-pyrrole nitrogens is 1. The van der Waals surface area contributed by atoms with Gasteiger partial charge in [0.1, 0.15) is 17.3 Å². The Balaban J connectivity index is 2.13. The van der Waals surface area contributed by atoms with E-state index in [0.29, 0.717) is 18.5 Å². The van der Waals surface area contributed by atoms with Crippen molar-refractivity contribution in [1.82, 2.24) is 9.55 Å². The summed E-state index contributed by atoms with van der Waals surface area (Å²) < 4.78 is 14.6. The van der Waals surface area contributed by atoms with E-state index in [1.165, 1.54) is 13.1 Å². The molecule has 20 heavy (non-hydrogen) atoms. The molecule has 6 nitrogen and oxygen atoms in total. The zero-order valence-electron chi connectivity index (χ0n) is 10.9. The van der Waals surface area contributed by atoms with Gasteiger partial charge in [0.25, 0.3) is 5.56 Å². The van der Waals surface area contributed by atoms with Crippen LogP contribution in [0.5, 0.6) is 0 Å². The summed E-state index contributed by atoms with van der Waals surface area (Å²) in [5, 5.41) is 2.83. The van der Waals surface area contributed by atoms with Gasteiger partial charge >= 0.3 is 5.69 Å². The van der Waals surface area contributed by atoms with Gasteiger partial charge in [0.05, 0.1) is 0 Å². The number of aromatic amines is 1. The second kappa shape index (κ2) is 5.60. The lowest BCUT2D eigenvalue weighted by Gasteiger charge is -2.10. The van der Waals surface area contributed by atoms with Crippen molar-refractivity contribution in [3.8, 4) is 0 Å². The van der Waals surface area contributed by atoms with Crippen LogP contribution in [0, 0.1) is 5.82 Å². The molecule has 1 aromatic heterocycles. The summed E-state index contributed by atoms with van der Waals surface area (Å²) in [6.45, 7) is 0.326. The first-order valence-corrected chi connectivity index (χ1v) is 6.06. The zero-order valence-corrected chi connectivity index (χ0v) is 10.9. The van der Waals surface area contributed by atoms with Crippen molar-refractivity contribution in [2.75, 3.05) is 17.6 Å². The molecule has 0 aliphatic carbocycles. The summed E-state index contributed by atoms with van der Waals surface area (Å²) in [5.41, 5.74) is 5.19. The average molecular weight is 278 g/mol.